The Labute approximate surface area is 88.4 Å². The lowest BCUT2D eigenvalue weighted by atomic mass is 10.1. The molecule has 0 saturated carbocycles. The molecule has 82 valence electrons. The number of piperidine rings is 1. The van der Waals surface area contributed by atoms with Crippen LogP contribution in [0.5, 0.6) is 0 Å². The molecule has 2 nitrogen and oxygen atoms in total. The highest BCUT2D eigenvalue weighted by atomic mass is 15.1. The summed E-state index contributed by atoms with van der Waals surface area (Å²) in [6.45, 7) is 9.15. The molecule has 14 heavy (non-hydrogen) atoms. The van der Waals surface area contributed by atoms with E-state index >= 15 is 0 Å². The lowest BCUT2D eigenvalue weighted by Gasteiger charge is -2.31. The van der Waals surface area contributed by atoms with E-state index in [4.69, 9.17) is 0 Å². The summed E-state index contributed by atoms with van der Waals surface area (Å²) in [6, 6.07) is 0.775. The molecule has 1 rings (SSSR count). The zero-order chi connectivity index (χ0) is 10.2. The number of allylic oxidation sites excluding steroid dienone is 1. The van der Waals surface area contributed by atoms with Gasteiger partial charge in [0.15, 0.2) is 0 Å². The minimum atomic E-state index is 0.775. The van der Waals surface area contributed by atoms with Gasteiger partial charge in [-0.3, -0.25) is 4.90 Å². The number of nitrogens with zero attached hydrogens (tertiary/aromatic N) is 1. The molecule has 1 heterocycles. The first-order valence-electron chi connectivity index (χ1n) is 5.93. The Morgan fingerprint density at radius 2 is 2.07 bits per heavy atom. The molecular weight excluding hydrogens is 172 g/mol. The van der Waals surface area contributed by atoms with E-state index in [9.17, 15) is 0 Å². The molecule has 0 aromatic carbocycles. The van der Waals surface area contributed by atoms with Crippen LogP contribution in [0.1, 0.15) is 33.1 Å². The molecule has 0 aromatic rings. The summed E-state index contributed by atoms with van der Waals surface area (Å²) in [5.41, 5.74) is 0. The van der Waals surface area contributed by atoms with E-state index in [1.54, 1.807) is 0 Å². The van der Waals surface area contributed by atoms with Gasteiger partial charge in [-0.15, -0.1) is 0 Å². The van der Waals surface area contributed by atoms with Gasteiger partial charge in [0.05, 0.1) is 0 Å². The molecule has 1 fully saturated rings. The van der Waals surface area contributed by atoms with Crippen LogP contribution in [0.3, 0.4) is 0 Å². The Kier molecular flexibility index (Phi) is 5.88. The molecule has 0 radical (unpaired) electrons. The SMILES string of the molecule is C/C=C/CN1CCC(NCCC)CC1. The number of hydrogen-bond donors (Lipinski definition) is 1. The maximum absolute atomic E-state index is 3.60. The summed E-state index contributed by atoms with van der Waals surface area (Å²) in [5.74, 6) is 0. The van der Waals surface area contributed by atoms with Crippen LogP contribution in [0.2, 0.25) is 0 Å². The standard InChI is InChI=1S/C12H24N2/c1-3-5-9-14-10-6-12(7-11-14)13-8-4-2/h3,5,12-13H,4,6-11H2,1-2H3/b5-3+. The molecule has 1 aliphatic heterocycles. The van der Waals surface area contributed by atoms with Crippen molar-refractivity contribution in [3.63, 3.8) is 0 Å². The van der Waals surface area contributed by atoms with Crippen LogP contribution in [0.25, 0.3) is 0 Å². The molecule has 2 heteroatoms. The summed E-state index contributed by atoms with van der Waals surface area (Å²) >= 11 is 0. The summed E-state index contributed by atoms with van der Waals surface area (Å²) in [4.78, 5) is 2.53. The van der Waals surface area contributed by atoms with Crippen LogP contribution in [0.4, 0.5) is 0 Å². The number of likely N-dealkylation sites (tertiary alicyclic amines) is 1. The zero-order valence-electron chi connectivity index (χ0n) is 9.63. The van der Waals surface area contributed by atoms with Crippen LogP contribution in [0.15, 0.2) is 12.2 Å². The van der Waals surface area contributed by atoms with Crippen molar-refractivity contribution in [1.82, 2.24) is 10.2 Å². The summed E-state index contributed by atoms with van der Waals surface area (Å²) in [7, 11) is 0. The van der Waals surface area contributed by atoms with Gasteiger partial charge in [0.1, 0.15) is 0 Å². The van der Waals surface area contributed by atoms with E-state index in [0.29, 0.717) is 0 Å². The van der Waals surface area contributed by atoms with E-state index < -0.39 is 0 Å². The molecule has 0 unspecified atom stereocenters. The normalized spacial score (nSPS) is 20.7. The maximum Gasteiger partial charge on any atom is 0.0163 e. The Morgan fingerprint density at radius 1 is 1.36 bits per heavy atom. The van der Waals surface area contributed by atoms with Crippen molar-refractivity contribution in [2.45, 2.75) is 39.2 Å². The second-order valence-electron chi connectivity index (χ2n) is 4.10. The second kappa shape index (κ2) is 7.02. The van der Waals surface area contributed by atoms with E-state index in [0.717, 1.165) is 12.6 Å². The van der Waals surface area contributed by atoms with E-state index in [1.807, 2.05) is 0 Å². The van der Waals surface area contributed by atoms with Crippen molar-refractivity contribution in [3.8, 4) is 0 Å². The molecular formula is C12H24N2. The molecule has 0 bridgehead atoms. The Hall–Kier alpha value is -0.340. The number of hydrogen-bond acceptors (Lipinski definition) is 2. The fraction of sp³-hybridized carbons (Fsp3) is 0.833. The first kappa shape index (κ1) is 11.7. The quantitative estimate of drug-likeness (QED) is 0.677. The van der Waals surface area contributed by atoms with Crippen LogP contribution >= 0.6 is 0 Å². The smallest absolute Gasteiger partial charge is 0.0163 e. The van der Waals surface area contributed by atoms with Gasteiger partial charge in [0.2, 0.25) is 0 Å². The van der Waals surface area contributed by atoms with Crippen molar-refractivity contribution in [1.29, 1.82) is 0 Å². The highest BCUT2D eigenvalue weighted by molar-refractivity contribution is 4.84. The molecule has 0 amide bonds. The number of nitrogens with one attached hydrogen (secondary N) is 1. The number of rotatable bonds is 5. The third-order valence-electron chi connectivity index (χ3n) is 2.87. The van der Waals surface area contributed by atoms with Gasteiger partial charge >= 0.3 is 0 Å². The van der Waals surface area contributed by atoms with Crippen LogP contribution in [-0.2, 0) is 0 Å². The maximum atomic E-state index is 3.60. The predicted molar refractivity (Wildman–Crippen MR) is 62.6 cm³/mol. The molecule has 0 spiro atoms. The molecule has 0 aliphatic carbocycles. The van der Waals surface area contributed by atoms with Gasteiger partial charge in [0, 0.05) is 12.6 Å². The van der Waals surface area contributed by atoms with E-state index in [1.165, 1.54) is 38.9 Å². The molecule has 1 N–H and O–H groups in total. The highest BCUT2D eigenvalue weighted by Crippen LogP contribution is 2.09. The van der Waals surface area contributed by atoms with Crippen molar-refractivity contribution in [2.75, 3.05) is 26.2 Å². The van der Waals surface area contributed by atoms with Crippen molar-refractivity contribution in [3.05, 3.63) is 12.2 Å². The van der Waals surface area contributed by atoms with Gasteiger partial charge < -0.3 is 5.32 Å². The first-order chi connectivity index (χ1) is 6.86. The second-order valence-corrected chi connectivity index (χ2v) is 4.10. The largest absolute Gasteiger partial charge is 0.314 e. The molecule has 1 aliphatic rings. The topological polar surface area (TPSA) is 15.3 Å². The summed E-state index contributed by atoms with van der Waals surface area (Å²) in [6.07, 6.45) is 8.27. The third kappa shape index (κ3) is 4.25. The van der Waals surface area contributed by atoms with Crippen molar-refractivity contribution < 1.29 is 0 Å². The van der Waals surface area contributed by atoms with Crippen LogP contribution in [-0.4, -0.2) is 37.1 Å². The monoisotopic (exact) mass is 196 g/mol. The highest BCUT2D eigenvalue weighted by Gasteiger charge is 2.16. The van der Waals surface area contributed by atoms with Gasteiger partial charge in [-0.2, -0.15) is 0 Å². The molecule has 0 atom stereocenters. The first-order valence-corrected chi connectivity index (χ1v) is 5.93. The Bertz CT molecular complexity index is 158. The summed E-state index contributed by atoms with van der Waals surface area (Å²) in [5, 5.41) is 3.60. The molecule has 0 aromatic heterocycles. The average Bonchev–Trinajstić information content (AvgIpc) is 2.25. The zero-order valence-corrected chi connectivity index (χ0v) is 9.63. The van der Waals surface area contributed by atoms with Gasteiger partial charge in [-0.25, -0.2) is 0 Å². The fourth-order valence-corrected chi connectivity index (χ4v) is 1.92. The Morgan fingerprint density at radius 3 is 2.64 bits per heavy atom. The van der Waals surface area contributed by atoms with Gasteiger partial charge in [-0.05, 0) is 45.8 Å². The third-order valence-corrected chi connectivity index (χ3v) is 2.87. The lowest BCUT2D eigenvalue weighted by Crippen LogP contribution is -2.42. The Balaban J connectivity index is 2.11. The van der Waals surface area contributed by atoms with Crippen LogP contribution in [0, 0.1) is 0 Å². The van der Waals surface area contributed by atoms with Gasteiger partial charge in [-0.1, -0.05) is 19.1 Å². The van der Waals surface area contributed by atoms with Gasteiger partial charge in [0.25, 0.3) is 0 Å². The lowest BCUT2D eigenvalue weighted by molar-refractivity contribution is 0.215. The van der Waals surface area contributed by atoms with Crippen LogP contribution < -0.4 is 5.32 Å². The minimum Gasteiger partial charge on any atom is -0.314 e. The van der Waals surface area contributed by atoms with E-state index in [2.05, 4.69) is 36.2 Å². The average molecular weight is 196 g/mol. The van der Waals surface area contributed by atoms with Crippen molar-refractivity contribution in [2.24, 2.45) is 0 Å². The summed E-state index contributed by atoms with van der Waals surface area (Å²) < 4.78 is 0. The van der Waals surface area contributed by atoms with Crippen molar-refractivity contribution >= 4 is 0 Å². The van der Waals surface area contributed by atoms with E-state index in [-0.39, 0.29) is 0 Å². The minimum absolute atomic E-state index is 0.775. The molecule has 1 saturated heterocycles. The predicted octanol–water partition coefficient (Wildman–Crippen LogP) is 2.03. The fourth-order valence-electron chi connectivity index (χ4n) is 1.92.